The number of aliphatic hydroxyl groups is 1. The van der Waals surface area contributed by atoms with Crippen LogP contribution in [-0.4, -0.2) is 27.7 Å². The molecule has 0 aromatic carbocycles. The third-order valence-corrected chi connectivity index (χ3v) is 1.83. The van der Waals surface area contributed by atoms with Crippen molar-refractivity contribution in [3.05, 3.63) is 17.7 Å². The summed E-state index contributed by atoms with van der Waals surface area (Å²) in [5, 5.41) is 11.9. The second-order valence-electron chi connectivity index (χ2n) is 2.94. The predicted molar refractivity (Wildman–Crippen MR) is 46.7 cm³/mol. The fraction of sp³-hybridized carbons (Fsp3) is 0.625. The van der Waals surface area contributed by atoms with Crippen LogP contribution >= 0.6 is 0 Å². The summed E-state index contributed by atoms with van der Waals surface area (Å²) in [6.07, 6.45) is 1.68. The van der Waals surface area contributed by atoms with Crippen molar-refractivity contribution < 1.29 is 5.11 Å². The first-order chi connectivity index (χ1) is 5.74. The van der Waals surface area contributed by atoms with E-state index in [0.717, 1.165) is 11.4 Å². The minimum atomic E-state index is 0.126. The molecule has 4 heteroatoms. The molecule has 0 amide bonds. The molecule has 12 heavy (non-hydrogen) atoms. The first-order valence-corrected chi connectivity index (χ1v) is 4.07. The molecule has 0 radical (unpaired) electrons. The van der Waals surface area contributed by atoms with Crippen molar-refractivity contribution in [2.75, 3.05) is 6.61 Å². The maximum absolute atomic E-state index is 8.74. The summed E-state index contributed by atoms with van der Waals surface area (Å²) in [6, 6.07) is 0.126. The van der Waals surface area contributed by atoms with Gasteiger partial charge in [-0.15, -0.1) is 0 Å². The molecule has 1 heterocycles. The zero-order valence-electron chi connectivity index (χ0n) is 7.46. The van der Waals surface area contributed by atoms with Gasteiger partial charge in [-0.2, -0.15) is 0 Å². The lowest BCUT2D eigenvalue weighted by Crippen LogP contribution is -2.29. The van der Waals surface area contributed by atoms with Crippen LogP contribution in [0.2, 0.25) is 0 Å². The molecule has 0 bridgehead atoms. The van der Waals surface area contributed by atoms with Crippen LogP contribution < -0.4 is 5.32 Å². The smallest absolute Gasteiger partial charge is 0.0925 e. The predicted octanol–water partition coefficient (Wildman–Crippen LogP) is 0.189. The molecule has 0 saturated heterocycles. The second-order valence-corrected chi connectivity index (χ2v) is 2.94. The molecule has 4 nitrogen and oxygen atoms in total. The number of rotatable bonds is 4. The van der Waals surface area contributed by atoms with E-state index in [1.807, 2.05) is 13.8 Å². The molecule has 0 aliphatic carbocycles. The van der Waals surface area contributed by atoms with Crippen LogP contribution in [0.4, 0.5) is 0 Å². The van der Waals surface area contributed by atoms with E-state index < -0.39 is 0 Å². The molecule has 1 atom stereocenters. The molecule has 0 spiro atoms. The Morgan fingerprint density at radius 2 is 2.50 bits per heavy atom. The summed E-state index contributed by atoms with van der Waals surface area (Å²) in [5.74, 6) is 0. The van der Waals surface area contributed by atoms with Gasteiger partial charge in [0.25, 0.3) is 0 Å². The second kappa shape index (κ2) is 4.23. The number of H-pyrrole nitrogens is 1. The lowest BCUT2D eigenvalue weighted by atomic mass is 10.3. The Morgan fingerprint density at radius 3 is 3.00 bits per heavy atom. The van der Waals surface area contributed by atoms with E-state index in [-0.39, 0.29) is 12.6 Å². The zero-order chi connectivity index (χ0) is 8.97. The van der Waals surface area contributed by atoms with Gasteiger partial charge in [0, 0.05) is 18.3 Å². The fourth-order valence-electron chi connectivity index (χ4n) is 0.901. The van der Waals surface area contributed by atoms with E-state index in [0.29, 0.717) is 6.54 Å². The quantitative estimate of drug-likeness (QED) is 0.603. The highest BCUT2D eigenvalue weighted by atomic mass is 16.3. The normalized spacial score (nSPS) is 13.2. The Bertz CT molecular complexity index is 234. The number of hydrogen-bond acceptors (Lipinski definition) is 3. The molecule has 0 aliphatic rings. The number of aryl methyl sites for hydroxylation is 1. The van der Waals surface area contributed by atoms with Gasteiger partial charge >= 0.3 is 0 Å². The lowest BCUT2D eigenvalue weighted by molar-refractivity contribution is 0.250. The number of aromatic nitrogens is 2. The highest BCUT2D eigenvalue weighted by Crippen LogP contribution is 1.99. The van der Waals surface area contributed by atoms with Crippen molar-refractivity contribution in [1.29, 1.82) is 0 Å². The van der Waals surface area contributed by atoms with Crippen LogP contribution in [-0.2, 0) is 6.54 Å². The molecule has 3 N–H and O–H groups in total. The monoisotopic (exact) mass is 169 g/mol. The Kier molecular flexibility index (Phi) is 3.25. The van der Waals surface area contributed by atoms with Gasteiger partial charge in [-0.25, -0.2) is 4.98 Å². The van der Waals surface area contributed by atoms with Crippen LogP contribution in [0, 0.1) is 6.92 Å². The van der Waals surface area contributed by atoms with Gasteiger partial charge in [0.1, 0.15) is 0 Å². The van der Waals surface area contributed by atoms with Gasteiger partial charge in [-0.1, -0.05) is 0 Å². The van der Waals surface area contributed by atoms with Crippen LogP contribution in [0.5, 0.6) is 0 Å². The molecule has 1 aromatic heterocycles. The third-order valence-electron chi connectivity index (χ3n) is 1.83. The van der Waals surface area contributed by atoms with Crippen molar-refractivity contribution in [2.24, 2.45) is 0 Å². The topological polar surface area (TPSA) is 60.9 Å². The summed E-state index contributed by atoms with van der Waals surface area (Å²) in [6.45, 7) is 4.77. The largest absolute Gasteiger partial charge is 0.395 e. The summed E-state index contributed by atoms with van der Waals surface area (Å²) >= 11 is 0. The minimum absolute atomic E-state index is 0.126. The molecule has 0 aliphatic heterocycles. The van der Waals surface area contributed by atoms with Gasteiger partial charge in [-0.3, -0.25) is 0 Å². The van der Waals surface area contributed by atoms with Crippen LogP contribution in [0.3, 0.4) is 0 Å². The van der Waals surface area contributed by atoms with Crippen LogP contribution in [0.25, 0.3) is 0 Å². The van der Waals surface area contributed by atoms with Crippen LogP contribution in [0.15, 0.2) is 6.33 Å². The van der Waals surface area contributed by atoms with Gasteiger partial charge in [0.2, 0.25) is 0 Å². The van der Waals surface area contributed by atoms with E-state index in [4.69, 9.17) is 5.11 Å². The number of hydrogen-bond donors (Lipinski definition) is 3. The number of nitrogens with one attached hydrogen (secondary N) is 2. The maximum Gasteiger partial charge on any atom is 0.0925 e. The standard InChI is InChI=1S/C8H15N3O/c1-6(4-12)9-3-8-7(2)10-5-11-8/h5-6,9,12H,3-4H2,1-2H3,(H,10,11). The number of imidazole rings is 1. The molecule has 1 aromatic rings. The highest BCUT2D eigenvalue weighted by Gasteiger charge is 2.02. The average molecular weight is 169 g/mol. The first kappa shape index (κ1) is 9.22. The first-order valence-electron chi connectivity index (χ1n) is 4.07. The maximum atomic E-state index is 8.74. The fourth-order valence-corrected chi connectivity index (χ4v) is 0.901. The Hall–Kier alpha value is -0.870. The molecule has 0 saturated carbocycles. The van der Waals surface area contributed by atoms with Gasteiger partial charge in [-0.05, 0) is 13.8 Å². The molecular formula is C8H15N3O. The molecule has 0 fully saturated rings. The van der Waals surface area contributed by atoms with Gasteiger partial charge < -0.3 is 15.4 Å². The van der Waals surface area contributed by atoms with Crippen molar-refractivity contribution >= 4 is 0 Å². The molecule has 68 valence electrons. The molecule has 1 unspecified atom stereocenters. The Labute approximate surface area is 72.0 Å². The lowest BCUT2D eigenvalue weighted by Gasteiger charge is -2.08. The number of nitrogens with zero attached hydrogens (tertiary/aromatic N) is 1. The average Bonchev–Trinajstić information content (AvgIpc) is 2.47. The van der Waals surface area contributed by atoms with Gasteiger partial charge in [0.15, 0.2) is 0 Å². The number of aliphatic hydroxyl groups excluding tert-OH is 1. The van der Waals surface area contributed by atoms with Crippen LogP contribution in [0.1, 0.15) is 18.3 Å². The summed E-state index contributed by atoms with van der Waals surface area (Å²) < 4.78 is 0. The van der Waals surface area contributed by atoms with E-state index in [2.05, 4.69) is 15.3 Å². The summed E-state index contributed by atoms with van der Waals surface area (Å²) in [7, 11) is 0. The minimum Gasteiger partial charge on any atom is -0.395 e. The highest BCUT2D eigenvalue weighted by molar-refractivity contribution is 5.08. The van der Waals surface area contributed by atoms with E-state index in [1.165, 1.54) is 0 Å². The molecule has 1 rings (SSSR count). The van der Waals surface area contributed by atoms with E-state index >= 15 is 0 Å². The molecular weight excluding hydrogens is 154 g/mol. The van der Waals surface area contributed by atoms with Crippen molar-refractivity contribution in [2.45, 2.75) is 26.4 Å². The van der Waals surface area contributed by atoms with Gasteiger partial charge in [0.05, 0.1) is 18.6 Å². The number of aromatic amines is 1. The Balaban J connectivity index is 2.38. The van der Waals surface area contributed by atoms with Crippen molar-refractivity contribution in [3.8, 4) is 0 Å². The summed E-state index contributed by atoms with van der Waals surface area (Å²) in [5.41, 5.74) is 2.09. The zero-order valence-corrected chi connectivity index (χ0v) is 7.46. The third kappa shape index (κ3) is 2.32. The van der Waals surface area contributed by atoms with Crippen molar-refractivity contribution in [3.63, 3.8) is 0 Å². The Morgan fingerprint density at radius 1 is 1.75 bits per heavy atom. The van der Waals surface area contributed by atoms with E-state index in [9.17, 15) is 0 Å². The summed E-state index contributed by atoms with van der Waals surface area (Å²) in [4.78, 5) is 7.12. The van der Waals surface area contributed by atoms with E-state index in [1.54, 1.807) is 6.33 Å². The van der Waals surface area contributed by atoms with Crippen molar-refractivity contribution in [1.82, 2.24) is 15.3 Å². The SMILES string of the molecule is Cc1[nH]cnc1CNC(C)CO.